The number of carbonyl (C=O) groups is 1. The number of hydrogen-bond donors (Lipinski definition) is 0. The topological polar surface area (TPSA) is 49.1 Å². The van der Waals surface area contributed by atoms with Crippen LogP contribution in [0.5, 0.6) is 0 Å². The molecule has 1 fully saturated rings. The lowest BCUT2D eigenvalue weighted by molar-refractivity contribution is -0.113. The molecule has 0 atom stereocenters. The summed E-state index contributed by atoms with van der Waals surface area (Å²) < 4.78 is 18.9. The summed E-state index contributed by atoms with van der Waals surface area (Å²) in [6.07, 6.45) is 1.72. The number of para-hydroxylation sites is 1. The molecule has 2 aromatic carbocycles. The van der Waals surface area contributed by atoms with Gasteiger partial charge >= 0.3 is 0 Å². The second kappa shape index (κ2) is 8.43. The maximum Gasteiger partial charge on any atom is 0.286 e. The van der Waals surface area contributed by atoms with E-state index in [4.69, 9.17) is 4.42 Å². The molecule has 3 heterocycles. The molecule has 31 heavy (non-hydrogen) atoms. The number of furan rings is 1. The summed E-state index contributed by atoms with van der Waals surface area (Å²) in [5, 5.41) is 0.745. The fourth-order valence-electron chi connectivity index (χ4n) is 3.66. The second-order valence-electron chi connectivity index (χ2n) is 7.33. The van der Waals surface area contributed by atoms with Gasteiger partial charge in [-0.3, -0.25) is 4.79 Å². The van der Waals surface area contributed by atoms with Gasteiger partial charge in [0.15, 0.2) is 5.17 Å². The van der Waals surface area contributed by atoms with Gasteiger partial charge in [0.25, 0.3) is 5.91 Å². The number of amides is 1. The molecule has 5 rings (SSSR count). The Kier molecular flexibility index (Phi) is 5.34. The molecule has 1 saturated heterocycles. The number of halogens is 1. The van der Waals surface area contributed by atoms with Crippen LogP contribution >= 0.6 is 11.8 Å². The van der Waals surface area contributed by atoms with E-state index in [1.54, 1.807) is 24.3 Å². The molecule has 1 amide bonds. The minimum absolute atomic E-state index is 0.245. The highest BCUT2D eigenvalue weighted by Gasteiger charge is 2.28. The lowest BCUT2D eigenvalue weighted by atomic mass is 10.2. The van der Waals surface area contributed by atoms with Crippen molar-refractivity contribution >= 4 is 34.6 Å². The predicted molar refractivity (Wildman–Crippen MR) is 122 cm³/mol. The van der Waals surface area contributed by atoms with Crippen LogP contribution in [0.1, 0.15) is 5.76 Å². The van der Waals surface area contributed by atoms with Crippen molar-refractivity contribution < 1.29 is 13.6 Å². The predicted octanol–water partition coefficient (Wildman–Crippen LogP) is 4.88. The average molecular weight is 434 g/mol. The minimum atomic E-state index is -0.292. The fraction of sp³-hybridized carbons (Fsp3) is 0.167. The number of thioether (sulfide) groups is 1. The van der Waals surface area contributed by atoms with Crippen molar-refractivity contribution in [1.82, 2.24) is 4.90 Å². The molecule has 0 radical (unpaired) electrons. The van der Waals surface area contributed by atoms with E-state index >= 15 is 0 Å². The highest BCUT2D eigenvalue weighted by atomic mass is 32.2. The molecule has 0 saturated carbocycles. The van der Waals surface area contributed by atoms with Gasteiger partial charge in [-0.1, -0.05) is 18.2 Å². The fourth-order valence-corrected chi connectivity index (χ4v) is 4.60. The lowest BCUT2D eigenvalue weighted by Gasteiger charge is -2.36. The van der Waals surface area contributed by atoms with Gasteiger partial charge in [0, 0.05) is 43.5 Å². The highest BCUT2D eigenvalue weighted by Crippen LogP contribution is 2.32. The smallest absolute Gasteiger partial charge is 0.286 e. The van der Waals surface area contributed by atoms with Gasteiger partial charge in [0.05, 0.1) is 4.91 Å². The van der Waals surface area contributed by atoms with Crippen LogP contribution in [-0.4, -0.2) is 42.2 Å². The summed E-state index contributed by atoms with van der Waals surface area (Å²) in [6, 6.07) is 20.1. The first-order valence-corrected chi connectivity index (χ1v) is 10.9. The van der Waals surface area contributed by atoms with E-state index in [0.29, 0.717) is 16.4 Å². The van der Waals surface area contributed by atoms with E-state index in [0.717, 1.165) is 36.9 Å². The zero-order valence-corrected chi connectivity index (χ0v) is 17.5. The third kappa shape index (κ3) is 4.27. The summed E-state index contributed by atoms with van der Waals surface area (Å²) in [5.74, 6) is 0.658. The third-order valence-electron chi connectivity index (χ3n) is 5.31. The number of benzene rings is 2. The number of nitrogens with zero attached hydrogens (tertiary/aromatic N) is 3. The van der Waals surface area contributed by atoms with Crippen molar-refractivity contribution in [2.24, 2.45) is 4.99 Å². The standard InChI is InChI=1S/C24H20FN3O2S/c25-18-8-6-17(7-9-18)21-11-10-20(30-21)16-22-23(29)26-24(31-22)28-14-12-27(13-15-28)19-4-2-1-3-5-19/h1-11,16H,12-15H2. The molecular weight excluding hydrogens is 413 g/mol. The Bertz CT molecular complexity index is 1150. The van der Waals surface area contributed by atoms with Crippen molar-refractivity contribution in [2.75, 3.05) is 31.1 Å². The van der Waals surface area contributed by atoms with Crippen LogP contribution in [-0.2, 0) is 4.79 Å². The van der Waals surface area contributed by atoms with Crippen molar-refractivity contribution in [3.8, 4) is 11.3 Å². The lowest BCUT2D eigenvalue weighted by Crippen LogP contribution is -2.47. The molecule has 0 unspecified atom stereocenters. The Morgan fingerprint density at radius 2 is 1.61 bits per heavy atom. The summed E-state index contributed by atoms with van der Waals surface area (Å²) in [7, 11) is 0. The van der Waals surface area contributed by atoms with Crippen LogP contribution in [0.25, 0.3) is 17.4 Å². The first kappa shape index (κ1) is 19.6. The van der Waals surface area contributed by atoms with Crippen molar-refractivity contribution in [1.29, 1.82) is 0 Å². The number of piperazine rings is 1. The van der Waals surface area contributed by atoms with Crippen LogP contribution in [0.15, 0.2) is 81.0 Å². The first-order chi connectivity index (χ1) is 15.2. The number of aliphatic imine (C=N–C) groups is 1. The molecule has 1 aromatic heterocycles. The van der Waals surface area contributed by atoms with E-state index in [1.807, 2.05) is 24.3 Å². The Morgan fingerprint density at radius 3 is 2.35 bits per heavy atom. The van der Waals surface area contributed by atoms with Crippen molar-refractivity contribution in [3.05, 3.63) is 83.2 Å². The number of anilines is 1. The van der Waals surface area contributed by atoms with Crippen LogP contribution in [0.4, 0.5) is 10.1 Å². The Balaban J connectivity index is 1.23. The van der Waals surface area contributed by atoms with Gasteiger partial charge in [0.1, 0.15) is 17.3 Å². The first-order valence-electron chi connectivity index (χ1n) is 10.1. The quantitative estimate of drug-likeness (QED) is 0.551. The molecule has 2 aliphatic heterocycles. The van der Waals surface area contributed by atoms with E-state index < -0.39 is 0 Å². The molecule has 0 spiro atoms. The number of rotatable bonds is 3. The van der Waals surface area contributed by atoms with E-state index in [-0.39, 0.29) is 11.7 Å². The van der Waals surface area contributed by atoms with Crippen LogP contribution < -0.4 is 4.90 Å². The average Bonchev–Trinajstić information content (AvgIpc) is 3.42. The zero-order chi connectivity index (χ0) is 21.2. The SMILES string of the molecule is O=C1N=C(N2CCN(c3ccccc3)CC2)SC1=Cc1ccc(-c2ccc(F)cc2)o1. The van der Waals surface area contributed by atoms with Gasteiger partial charge in [-0.15, -0.1) is 0 Å². The van der Waals surface area contributed by atoms with E-state index in [2.05, 4.69) is 26.9 Å². The summed E-state index contributed by atoms with van der Waals surface area (Å²) in [5.41, 5.74) is 2.00. The van der Waals surface area contributed by atoms with Gasteiger partial charge in [-0.2, -0.15) is 4.99 Å². The molecule has 0 bridgehead atoms. The summed E-state index contributed by atoms with van der Waals surface area (Å²) >= 11 is 1.38. The van der Waals surface area contributed by atoms with Gasteiger partial charge in [-0.05, 0) is 60.3 Å². The minimum Gasteiger partial charge on any atom is -0.457 e. The molecule has 7 heteroatoms. The van der Waals surface area contributed by atoms with Gasteiger partial charge in [0.2, 0.25) is 0 Å². The molecule has 0 aliphatic carbocycles. The molecule has 156 valence electrons. The Morgan fingerprint density at radius 1 is 0.903 bits per heavy atom. The maximum atomic E-state index is 13.1. The Hall–Kier alpha value is -3.32. The van der Waals surface area contributed by atoms with Gasteiger partial charge in [-0.25, -0.2) is 4.39 Å². The molecule has 5 nitrogen and oxygen atoms in total. The maximum absolute atomic E-state index is 13.1. The summed E-state index contributed by atoms with van der Waals surface area (Å²) in [6.45, 7) is 3.40. The number of hydrogen-bond acceptors (Lipinski definition) is 5. The van der Waals surface area contributed by atoms with Gasteiger partial charge < -0.3 is 14.2 Å². The highest BCUT2D eigenvalue weighted by molar-refractivity contribution is 8.18. The van der Waals surface area contributed by atoms with Crippen LogP contribution in [0, 0.1) is 5.82 Å². The third-order valence-corrected chi connectivity index (χ3v) is 6.35. The second-order valence-corrected chi connectivity index (χ2v) is 8.34. The largest absolute Gasteiger partial charge is 0.457 e. The molecule has 3 aromatic rings. The molecular formula is C24H20FN3O2S. The zero-order valence-electron chi connectivity index (χ0n) is 16.7. The molecule has 0 N–H and O–H groups in total. The summed E-state index contributed by atoms with van der Waals surface area (Å²) in [4.78, 5) is 21.7. The molecule has 2 aliphatic rings. The van der Waals surface area contributed by atoms with E-state index in [9.17, 15) is 9.18 Å². The number of carbonyl (C=O) groups excluding carboxylic acids is 1. The van der Waals surface area contributed by atoms with Crippen molar-refractivity contribution in [3.63, 3.8) is 0 Å². The van der Waals surface area contributed by atoms with Crippen molar-refractivity contribution in [2.45, 2.75) is 0 Å². The van der Waals surface area contributed by atoms with Crippen LogP contribution in [0.3, 0.4) is 0 Å². The Labute approximate surface area is 183 Å². The normalized spacial score (nSPS) is 18.0. The van der Waals surface area contributed by atoms with E-state index in [1.165, 1.54) is 29.6 Å². The number of amidine groups is 1. The van der Waals surface area contributed by atoms with Crippen LogP contribution in [0.2, 0.25) is 0 Å². The monoisotopic (exact) mass is 433 g/mol.